The number of nitrogens with one attached hydrogen (secondary N) is 1. The average molecular weight is 178 g/mol. The monoisotopic (exact) mass is 177 g/mol. The Morgan fingerprint density at radius 2 is 1.73 bits per heavy atom. The van der Waals surface area contributed by atoms with Crippen molar-refractivity contribution in [1.82, 2.24) is 5.32 Å². The second-order valence-corrected chi connectivity index (χ2v) is 3.66. The Hall–Kier alpha value is 0.210. The summed E-state index contributed by atoms with van der Waals surface area (Å²) in [5.74, 6) is 0.596. The first-order valence-corrected chi connectivity index (χ1v) is 4.25. The molecule has 2 saturated heterocycles. The van der Waals surface area contributed by atoms with Crippen LogP contribution < -0.4 is 5.32 Å². The molecule has 2 aliphatic heterocycles. The Morgan fingerprint density at radius 3 is 2.18 bits per heavy atom. The fraction of sp³-hybridized carbons (Fsp3) is 1.00. The lowest BCUT2D eigenvalue weighted by atomic mass is 9.93. The lowest BCUT2D eigenvalue weighted by molar-refractivity contribution is 0.174. The van der Waals surface area contributed by atoms with Crippen LogP contribution in [0.3, 0.4) is 0 Å². The Kier molecular flexibility index (Phi) is 3.16. The molecule has 0 saturated carbocycles. The molecule has 66 valence electrons. The second-order valence-electron chi connectivity index (χ2n) is 3.66. The van der Waals surface area contributed by atoms with Crippen LogP contribution in [0.5, 0.6) is 0 Å². The average Bonchev–Trinajstić information content (AvgIpc) is 2.30. The number of rotatable bonds is 1. The van der Waals surface area contributed by atoms with Crippen molar-refractivity contribution in [2.75, 3.05) is 6.61 Å². The quantitative estimate of drug-likeness (QED) is 0.625. The van der Waals surface area contributed by atoms with E-state index in [0.29, 0.717) is 12.5 Å². The largest absolute Gasteiger partial charge is 0.396 e. The van der Waals surface area contributed by atoms with E-state index in [1.807, 2.05) is 0 Å². The predicted octanol–water partition coefficient (Wildman–Crippen LogP) is 0.931. The van der Waals surface area contributed by atoms with Gasteiger partial charge in [0.25, 0.3) is 0 Å². The molecule has 0 aromatic heterocycles. The van der Waals surface area contributed by atoms with E-state index in [1.165, 1.54) is 25.7 Å². The van der Waals surface area contributed by atoms with Gasteiger partial charge in [0.1, 0.15) is 0 Å². The summed E-state index contributed by atoms with van der Waals surface area (Å²) in [5, 5.41) is 12.5. The van der Waals surface area contributed by atoms with Crippen molar-refractivity contribution < 1.29 is 5.11 Å². The number of piperidine rings is 1. The predicted molar refractivity (Wildman–Crippen MR) is 47.0 cm³/mol. The van der Waals surface area contributed by atoms with Gasteiger partial charge in [0, 0.05) is 18.7 Å². The minimum Gasteiger partial charge on any atom is -0.396 e. The lowest BCUT2D eigenvalue weighted by Crippen LogP contribution is -2.38. The molecule has 0 amide bonds. The molecular weight excluding hydrogens is 162 g/mol. The van der Waals surface area contributed by atoms with Gasteiger partial charge in [0.15, 0.2) is 0 Å². The van der Waals surface area contributed by atoms with Gasteiger partial charge in [-0.2, -0.15) is 0 Å². The van der Waals surface area contributed by atoms with Crippen LogP contribution in [0.2, 0.25) is 0 Å². The van der Waals surface area contributed by atoms with Crippen LogP contribution in [0.25, 0.3) is 0 Å². The first-order chi connectivity index (χ1) is 4.88. The third-order valence-corrected chi connectivity index (χ3v) is 2.83. The van der Waals surface area contributed by atoms with E-state index in [1.54, 1.807) is 0 Å². The van der Waals surface area contributed by atoms with Crippen molar-refractivity contribution in [3.8, 4) is 0 Å². The molecule has 11 heavy (non-hydrogen) atoms. The number of fused-ring (bicyclic) bond motifs is 2. The Bertz CT molecular complexity index is 119. The summed E-state index contributed by atoms with van der Waals surface area (Å²) < 4.78 is 0. The highest BCUT2D eigenvalue weighted by Gasteiger charge is 2.32. The van der Waals surface area contributed by atoms with Crippen LogP contribution in [0.4, 0.5) is 0 Å². The smallest absolute Gasteiger partial charge is 0.0460 e. The number of halogens is 1. The van der Waals surface area contributed by atoms with Gasteiger partial charge in [-0.3, -0.25) is 0 Å². The van der Waals surface area contributed by atoms with Crippen LogP contribution in [-0.2, 0) is 0 Å². The highest BCUT2D eigenvalue weighted by molar-refractivity contribution is 5.85. The Morgan fingerprint density at radius 1 is 1.18 bits per heavy atom. The molecule has 2 rings (SSSR count). The molecule has 3 heteroatoms. The lowest BCUT2D eigenvalue weighted by Gasteiger charge is -2.27. The summed E-state index contributed by atoms with van der Waals surface area (Å²) in [7, 11) is 0. The summed E-state index contributed by atoms with van der Waals surface area (Å²) in [6.45, 7) is 0.398. The molecule has 2 N–H and O–H groups in total. The molecule has 0 spiro atoms. The number of aliphatic hydroxyl groups excluding tert-OH is 1. The van der Waals surface area contributed by atoms with E-state index < -0.39 is 0 Å². The van der Waals surface area contributed by atoms with Gasteiger partial charge in [-0.05, 0) is 31.6 Å². The van der Waals surface area contributed by atoms with E-state index in [4.69, 9.17) is 5.11 Å². The molecule has 0 aromatic rings. The van der Waals surface area contributed by atoms with Gasteiger partial charge >= 0.3 is 0 Å². The third kappa shape index (κ3) is 1.86. The molecule has 2 unspecified atom stereocenters. The minimum absolute atomic E-state index is 0. The van der Waals surface area contributed by atoms with Gasteiger partial charge in [-0.15, -0.1) is 12.4 Å². The normalized spacial score (nSPS) is 41.7. The summed E-state index contributed by atoms with van der Waals surface area (Å²) >= 11 is 0. The number of hydrogen-bond acceptors (Lipinski definition) is 2. The van der Waals surface area contributed by atoms with Crippen LogP contribution in [-0.4, -0.2) is 23.8 Å². The molecule has 2 bridgehead atoms. The zero-order valence-corrected chi connectivity index (χ0v) is 7.44. The van der Waals surface area contributed by atoms with Crippen molar-refractivity contribution in [2.45, 2.75) is 37.8 Å². The molecule has 2 atom stereocenters. The Labute approximate surface area is 73.8 Å². The molecule has 2 nitrogen and oxygen atoms in total. The van der Waals surface area contributed by atoms with Crippen LogP contribution in [0.15, 0.2) is 0 Å². The van der Waals surface area contributed by atoms with Crippen LogP contribution in [0, 0.1) is 5.92 Å². The summed E-state index contributed by atoms with van der Waals surface area (Å²) in [6, 6.07) is 1.46. The maximum absolute atomic E-state index is 8.93. The van der Waals surface area contributed by atoms with Crippen molar-refractivity contribution in [3.05, 3.63) is 0 Å². The van der Waals surface area contributed by atoms with E-state index in [-0.39, 0.29) is 12.4 Å². The number of hydrogen-bond donors (Lipinski definition) is 2. The zero-order chi connectivity index (χ0) is 6.97. The van der Waals surface area contributed by atoms with Gasteiger partial charge < -0.3 is 10.4 Å². The van der Waals surface area contributed by atoms with Crippen molar-refractivity contribution in [1.29, 1.82) is 0 Å². The number of aliphatic hydroxyl groups is 1. The second kappa shape index (κ2) is 3.74. The SMILES string of the molecule is Cl.OCC1CC2CCC(C1)N2. The molecule has 0 aliphatic carbocycles. The minimum atomic E-state index is 0. The molecule has 2 fully saturated rings. The molecule has 2 aliphatic rings. The standard InChI is InChI=1S/C8H15NO.ClH/c10-5-6-3-7-1-2-8(4-6)9-7;/h6-10H,1-5H2;1H. The van der Waals surface area contributed by atoms with Gasteiger partial charge in [0.05, 0.1) is 0 Å². The maximum atomic E-state index is 8.93. The Balaban J connectivity index is 0.000000605. The fourth-order valence-corrected chi connectivity index (χ4v) is 2.32. The fourth-order valence-electron chi connectivity index (χ4n) is 2.32. The zero-order valence-electron chi connectivity index (χ0n) is 6.62. The summed E-state index contributed by atoms with van der Waals surface area (Å²) in [4.78, 5) is 0. The van der Waals surface area contributed by atoms with Gasteiger partial charge in [0.2, 0.25) is 0 Å². The topological polar surface area (TPSA) is 32.3 Å². The molecule has 2 heterocycles. The summed E-state index contributed by atoms with van der Waals surface area (Å²) in [5.41, 5.74) is 0. The van der Waals surface area contributed by atoms with E-state index in [9.17, 15) is 0 Å². The highest BCUT2D eigenvalue weighted by atomic mass is 35.5. The van der Waals surface area contributed by atoms with Crippen LogP contribution in [0.1, 0.15) is 25.7 Å². The summed E-state index contributed by atoms with van der Waals surface area (Å²) in [6.07, 6.45) is 5.07. The van der Waals surface area contributed by atoms with Gasteiger partial charge in [-0.25, -0.2) is 0 Å². The molecule has 0 aromatic carbocycles. The first kappa shape index (κ1) is 9.30. The first-order valence-electron chi connectivity index (χ1n) is 4.25. The van der Waals surface area contributed by atoms with Gasteiger partial charge in [-0.1, -0.05) is 0 Å². The highest BCUT2D eigenvalue weighted by Crippen LogP contribution is 2.30. The van der Waals surface area contributed by atoms with Crippen molar-refractivity contribution in [3.63, 3.8) is 0 Å². The molecule has 0 radical (unpaired) electrons. The van der Waals surface area contributed by atoms with E-state index in [0.717, 1.165) is 12.1 Å². The van der Waals surface area contributed by atoms with E-state index >= 15 is 0 Å². The molecular formula is C8H16ClNO. The van der Waals surface area contributed by atoms with Crippen molar-refractivity contribution >= 4 is 12.4 Å². The maximum Gasteiger partial charge on any atom is 0.0460 e. The van der Waals surface area contributed by atoms with Crippen LogP contribution >= 0.6 is 12.4 Å². The van der Waals surface area contributed by atoms with Crippen molar-refractivity contribution in [2.24, 2.45) is 5.92 Å². The van der Waals surface area contributed by atoms with E-state index in [2.05, 4.69) is 5.32 Å². The third-order valence-electron chi connectivity index (χ3n) is 2.83.